The Bertz CT molecular complexity index is 803. The van der Waals surface area contributed by atoms with Crippen molar-refractivity contribution in [3.63, 3.8) is 0 Å². The molecule has 2 atom stereocenters. The topological polar surface area (TPSA) is 61.3 Å². The Morgan fingerprint density at radius 1 is 1.19 bits per heavy atom. The molecule has 0 saturated heterocycles. The number of aromatic nitrogens is 2. The number of rotatable bonds is 6. The van der Waals surface area contributed by atoms with E-state index in [9.17, 15) is 5.11 Å². The van der Waals surface area contributed by atoms with Crippen molar-refractivity contribution in [2.75, 3.05) is 16.8 Å². The molecule has 1 aliphatic carbocycles. The summed E-state index contributed by atoms with van der Waals surface area (Å²) in [6, 6.07) is 11.2. The predicted octanol–water partition coefficient (Wildman–Crippen LogP) is 3.73. The molecule has 1 aromatic heterocycles. The number of nitrogens with zero attached hydrogens (tertiary/aromatic N) is 3. The van der Waals surface area contributed by atoms with Crippen molar-refractivity contribution in [2.45, 2.75) is 64.6 Å². The van der Waals surface area contributed by atoms with Gasteiger partial charge in [-0.3, -0.25) is 0 Å². The van der Waals surface area contributed by atoms with Crippen LogP contribution in [-0.4, -0.2) is 33.8 Å². The lowest BCUT2D eigenvalue weighted by molar-refractivity contribution is 0.248. The van der Waals surface area contributed by atoms with E-state index < -0.39 is 0 Å². The molecule has 2 aliphatic rings. The summed E-state index contributed by atoms with van der Waals surface area (Å²) in [7, 11) is 0. The molecule has 1 saturated carbocycles. The van der Waals surface area contributed by atoms with Crippen LogP contribution < -0.4 is 10.2 Å². The highest BCUT2D eigenvalue weighted by atomic mass is 16.3. The molecule has 2 N–H and O–H groups in total. The summed E-state index contributed by atoms with van der Waals surface area (Å²) < 4.78 is 0. The van der Waals surface area contributed by atoms with E-state index in [1.165, 1.54) is 24.0 Å². The third-order valence-corrected chi connectivity index (χ3v) is 5.84. The number of aliphatic hydroxyl groups excluding tert-OH is 1. The average molecular weight is 367 g/mol. The summed E-state index contributed by atoms with van der Waals surface area (Å²) in [5, 5.41) is 13.1. The molecule has 4 rings (SSSR count). The van der Waals surface area contributed by atoms with Crippen molar-refractivity contribution in [1.29, 1.82) is 0 Å². The number of anilines is 2. The largest absolute Gasteiger partial charge is 0.394 e. The van der Waals surface area contributed by atoms with Gasteiger partial charge in [0.25, 0.3) is 0 Å². The van der Waals surface area contributed by atoms with Crippen LogP contribution in [-0.2, 0) is 13.0 Å². The van der Waals surface area contributed by atoms with E-state index in [0.717, 1.165) is 24.5 Å². The molecule has 1 aliphatic heterocycles. The van der Waals surface area contributed by atoms with Gasteiger partial charge in [-0.15, -0.1) is 0 Å². The first-order valence-corrected chi connectivity index (χ1v) is 10.1. The van der Waals surface area contributed by atoms with Gasteiger partial charge in [-0.05, 0) is 43.2 Å². The zero-order chi connectivity index (χ0) is 19.0. The second-order valence-corrected chi connectivity index (χ2v) is 8.38. The Morgan fingerprint density at radius 2 is 1.93 bits per heavy atom. The third-order valence-electron chi connectivity index (χ3n) is 5.84. The van der Waals surface area contributed by atoms with Crippen LogP contribution in [0, 0.1) is 5.92 Å². The van der Waals surface area contributed by atoms with E-state index >= 15 is 0 Å². The fourth-order valence-corrected chi connectivity index (χ4v) is 3.83. The van der Waals surface area contributed by atoms with Gasteiger partial charge in [0.05, 0.1) is 18.3 Å². The minimum atomic E-state index is -0.0354. The predicted molar refractivity (Wildman–Crippen MR) is 109 cm³/mol. The van der Waals surface area contributed by atoms with Crippen molar-refractivity contribution in [3.05, 3.63) is 47.2 Å². The van der Waals surface area contributed by atoms with Gasteiger partial charge < -0.3 is 15.3 Å². The first-order valence-electron chi connectivity index (χ1n) is 10.1. The molecular formula is C22H30N4O. The van der Waals surface area contributed by atoms with Crippen LogP contribution >= 0.6 is 0 Å². The number of aliphatic hydroxyl groups is 1. The molecular weight excluding hydrogens is 336 g/mol. The van der Waals surface area contributed by atoms with E-state index in [-0.39, 0.29) is 12.6 Å². The Hall–Kier alpha value is -2.14. The maximum absolute atomic E-state index is 9.69. The summed E-state index contributed by atoms with van der Waals surface area (Å²) in [6.07, 6.45) is 3.46. The summed E-state index contributed by atoms with van der Waals surface area (Å²) in [4.78, 5) is 12.0. The lowest BCUT2D eigenvalue weighted by atomic mass is 9.95. The Morgan fingerprint density at radius 3 is 2.59 bits per heavy atom. The molecule has 1 fully saturated rings. The highest BCUT2D eigenvalue weighted by Crippen LogP contribution is 2.41. The number of hydrogen-bond acceptors (Lipinski definition) is 5. The third kappa shape index (κ3) is 3.93. The first-order chi connectivity index (χ1) is 13.0. The summed E-state index contributed by atoms with van der Waals surface area (Å²) in [5.74, 6) is 2.52. The molecule has 0 amide bonds. The van der Waals surface area contributed by atoms with Crippen LogP contribution in [0.4, 0.5) is 11.8 Å². The molecule has 5 heteroatoms. The maximum atomic E-state index is 9.69. The van der Waals surface area contributed by atoms with Crippen molar-refractivity contribution in [2.24, 2.45) is 5.92 Å². The van der Waals surface area contributed by atoms with E-state index in [1.807, 2.05) is 0 Å². The van der Waals surface area contributed by atoms with Crippen molar-refractivity contribution < 1.29 is 5.11 Å². The van der Waals surface area contributed by atoms with E-state index in [4.69, 9.17) is 9.97 Å². The van der Waals surface area contributed by atoms with E-state index in [2.05, 4.69) is 61.3 Å². The summed E-state index contributed by atoms with van der Waals surface area (Å²) in [5.41, 5.74) is 3.96. The van der Waals surface area contributed by atoms with Gasteiger partial charge in [0, 0.05) is 24.6 Å². The van der Waals surface area contributed by atoms with Crippen LogP contribution in [0.2, 0.25) is 0 Å². The van der Waals surface area contributed by atoms with Gasteiger partial charge in [0.1, 0.15) is 5.82 Å². The molecule has 0 bridgehead atoms. The van der Waals surface area contributed by atoms with Crippen molar-refractivity contribution in [1.82, 2.24) is 9.97 Å². The monoisotopic (exact) mass is 366 g/mol. The van der Waals surface area contributed by atoms with Crippen LogP contribution in [0.15, 0.2) is 30.3 Å². The Labute approximate surface area is 161 Å². The molecule has 0 radical (unpaired) electrons. The van der Waals surface area contributed by atoms with Crippen LogP contribution in [0.5, 0.6) is 0 Å². The highest BCUT2D eigenvalue weighted by molar-refractivity contribution is 5.50. The minimum Gasteiger partial charge on any atom is -0.394 e. The Balaban J connectivity index is 1.65. The number of nitrogens with one attached hydrogen (secondary N) is 1. The average Bonchev–Trinajstić information content (AvgIpc) is 3.50. The molecule has 27 heavy (non-hydrogen) atoms. The molecule has 5 nitrogen and oxygen atoms in total. The normalized spacial score (nSPS) is 20.5. The summed E-state index contributed by atoms with van der Waals surface area (Å²) in [6.45, 7) is 7.43. The van der Waals surface area contributed by atoms with Gasteiger partial charge in [-0.1, -0.05) is 38.1 Å². The first kappa shape index (κ1) is 18.2. The number of hydrogen-bond donors (Lipinski definition) is 2. The van der Waals surface area contributed by atoms with Crippen LogP contribution in [0.1, 0.15) is 56.4 Å². The zero-order valence-electron chi connectivity index (χ0n) is 16.5. The van der Waals surface area contributed by atoms with Crippen molar-refractivity contribution >= 4 is 11.8 Å². The van der Waals surface area contributed by atoms with E-state index in [0.29, 0.717) is 23.8 Å². The molecule has 0 spiro atoms. The fourth-order valence-electron chi connectivity index (χ4n) is 3.83. The lowest BCUT2D eigenvalue weighted by Gasteiger charge is -2.36. The van der Waals surface area contributed by atoms with Crippen LogP contribution in [0.25, 0.3) is 0 Å². The fraction of sp³-hybridized carbons (Fsp3) is 0.545. The van der Waals surface area contributed by atoms with Gasteiger partial charge in [-0.2, -0.15) is 4.98 Å². The number of fused-ring (bicyclic) bond motifs is 1. The molecule has 1 aromatic carbocycles. The SMILES string of the molecule is CC(C)[C@@H](CO)Nc1nc(C2CC2)cc(N2Cc3ccccc3C[C@@H]2C)n1. The number of benzene rings is 1. The molecule has 144 valence electrons. The maximum Gasteiger partial charge on any atom is 0.225 e. The quantitative estimate of drug-likeness (QED) is 0.816. The zero-order valence-corrected chi connectivity index (χ0v) is 16.5. The Kier molecular flexibility index (Phi) is 5.04. The summed E-state index contributed by atoms with van der Waals surface area (Å²) >= 11 is 0. The lowest BCUT2D eigenvalue weighted by Crippen LogP contribution is -2.39. The van der Waals surface area contributed by atoms with Gasteiger partial charge in [-0.25, -0.2) is 4.98 Å². The molecule has 0 unspecified atom stereocenters. The smallest absolute Gasteiger partial charge is 0.225 e. The highest BCUT2D eigenvalue weighted by Gasteiger charge is 2.29. The van der Waals surface area contributed by atoms with E-state index in [1.54, 1.807) is 0 Å². The van der Waals surface area contributed by atoms with Gasteiger partial charge >= 0.3 is 0 Å². The second-order valence-electron chi connectivity index (χ2n) is 8.38. The molecule has 2 aromatic rings. The van der Waals surface area contributed by atoms with Gasteiger partial charge in [0.15, 0.2) is 0 Å². The molecule has 2 heterocycles. The second kappa shape index (κ2) is 7.47. The van der Waals surface area contributed by atoms with Gasteiger partial charge in [0.2, 0.25) is 5.95 Å². The standard InChI is InChI=1S/C22H30N4O/c1-14(2)20(13-27)24-22-23-19(16-8-9-16)11-21(25-22)26-12-18-7-5-4-6-17(18)10-15(26)3/h4-7,11,14-16,20,27H,8-10,12-13H2,1-3H3,(H,23,24,25)/t15-,20+/m0/s1. The van der Waals surface area contributed by atoms with Crippen LogP contribution in [0.3, 0.4) is 0 Å². The van der Waals surface area contributed by atoms with Crippen molar-refractivity contribution in [3.8, 4) is 0 Å². The minimum absolute atomic E-state index is 0.0354.